The standard InChI is InChI=1S/C21H23F3N2O/c1-3-12-26(17-9-8-15-6-4-5-7-16(15)13-17)20(27)18-10-11-19(21(22,23)24)25-14(18)2/h4-7,10-11,17H,3,8-9,12-13H2,1-2H3. The fourth-order valence-electron chi connectivity index (χ4n) is 3.74. The summed E-state index contributed by atoms with van der Waals surface area (Å²) in [6, 6.07) is 10.4. The molecule has 0 radical (unpaired) electrons. The molecule has 0 N–H and O–H groups in total. The molecule has 3 rings (SSSR count). The Morgan fingerprint density at radius 1 is 1.19 bits per heavy atom. The van der Waals surface area contributed by atoms with Crippen LogP contribution in [0, 0.1) is 6.92 Å². The van der Waals surface area contributed by atoms with Gasteiger partial charge in [-0.2, -0.15) is 13.2 Å². The van der Waals surface area contributed by atoms with Crippen molar-refractivity contribution in [1.82, 2.24) is 9.88 Å². The van der Waals surface area contributed by atoms with Gasteiger partial charge >= 0.3 is 6.18 Å². The Balaban J connectivity index is 1.86. The molecule has 2 aromatic rings. The van der Waals surface area contributed by atoms with E-state index in [1.165, 1.54) is 24.1 Å². The fraction of sp³-hybridized carbons (Fsp3) is 0.429. The zero-order chi connectivity index (χ0) is 19.6. The van der Waals surface area contributed by atoms with Crippen molar-refractivity contribution in [2.75, 3.05) is 6.54 Å². The quantitative estimate of drug-likeness (QED) is 0.767. The number of aromatic nitrogens is 1. The molecule has 0 saturated carbocycles. The first-order valence-corrected chi connectivity index (χ1v) is 9.24. The number of pyridine rings is 1. The van der Waals surface area contributed by atoms with Crippen LogP contribution >= 0.6 is 0 Å². The summed E-state index contributed by atoms with van der Waals surface area (Å²) in [5.74, 6) is -0.236. The van der Waals surface area contributed by atoms with Crippen LogP contribution in [0.3, 0.4) is 0 Å². The van der Waals surface area contributed by atoms with Crippen molar-refractivity contribution < 1.29 is 18.0 Å². The van der Waals surface area contributed by atoms with Crippen LogP contribution in [0.25, 0.3) is 0 Å². The molecule has 6 heteroatoms. The molecule has 0 saturated heterocycles. The molecule has 0 bridgehead atoms. The van der Waals surface area contributed by atoms with Crippen LogP contribution in [-0.4, -0.2) is 28.4 Å². The minimum atomic E-state index is -4.51. The number of aryl methyl sites for hydroxylation is 2. The second-order valence-electron chi connectivity index (χ2n) is 6.99. The molecule has 1 heterocycles. The van der Waals surface area contributed by atoms with Gasteiger partial charge in [0.1, 0.15) is 5.69 Å². The van der Waals surface area contributed by atoms with Crippen LogP contribution in [0.4, 0.5) is 13.2 Å². The van der Waals surface area contributed by atoms with Crippen molar-refractivity contribution in [3.8, 4) is 0 Å². The third-order valence-electron chi connectivity index (χ3n) is 5.09. The first-order chi connectivity index (χ1) is 12.8. The summed E-state index contributed by atoms with van der Waals surface area (Å²) >= 11 is 0. The predicted octanol–water partition coefficient (Wildman–Crippen LogP) is 4.82. The third kappa shape index (κ3) is 4.15. The molecular weight excluding hydrogens is 353 g/mol. The first-order valence-electron chi connectivity index (χ1n) is 9.24. The van der Waals surface area contributed by atoms with Crippen molar-refractivity contribution in [3.63, 3.8) is 0 Å². The summed E-state index contributed by atoms with van der Waals surface area (Å²) in [5.41, 5.74) is 1.95. The average molecular weight is 376 g/mol. The van der Waals surface area contributed by atoms with E-state index in [2.05, 4.69) is 17.1 Å². The van der Waals surface area contributed by atoms with Gasteiger partial charge in [0, 0.05) is 12.6 Å². The van der Waals surface area contributed by atoms with Gasteiger partial charge in [0.25, 0.3) is 5.91 Å². The van der Waals surface area contributed by atoms with E-state index in [0.29, 0.717) is 6.54 Å². The number of carbonyl (C=O) groups excluding carboxylic acids is 1. The lowest BCUT2D eigenvalue weighted by Gasteiger charge is -2.35. The molecule has 3 nitrogen and oxygen atoms in total. The van der Waals surface area contributed by atoms with Gasteiger partial charge in [-0.1, -0.05) is 31.2 Å². The monoisotopic (exact) mass is 376 g/mol. The van der Waals surface area contributed by atoms with Gasteiger partial charge in [-0.05, 0) is 55.9 Å². The Kier molecular flexibility index (Phi) is 5.53. The minimum absolute atomic E-state index is 0.0500. The van der Waals surface area contributed by atoms with E-state index in [-0.39, 0.29) is 23.2 Å². The van der Waals surface area contributed by atoms with Crippen LogP contribution in [0.1, 0.15) is 52.6 Å². The maximum absolute atomic E-state index is 13.1. The summed E-state index contributed by atoms with van der Waals surface area (Å²) in [7, 11) is 0. The zero-order valence-electron chi connectivity index (χ0n) is 15.5. The second-order valence-corrected chi connectivity index (χ2v) is 6.99. The number of alkyl halides is 3. The van der Waals surface area contributed by atoms with Crippen molar-refractivity contribution in [3.05, 3.63) is 64.5 Å². The van der Waals surface area contributed by atoms with Gasteiger partial charge in [0.05, 0.1) is 11.3 Å². The van der Waals surface area contributed by atoms with Gasteiger partial charge in [0.2, 0.25) is 0 Å². The molecule has 1 aromatic carbocycles. The summed E-state index contributed by atoms with van der Waals surface area (Å²) in [6.07, 6.45) is -1.19. The number of amides is 1. The number of nitrogens with zero attached hydrogens (tertiary/aromatic N) is 2. The third-order valence-corrected chi connectivity index (χ3v) is 5.09. The van der Waals surface area contributed by atoms with Gasteiger partial charge < -0.3 is 4.90 Å². The summed E-state index contributed by atoms with van der Waals surface area (Å²) in [6.45, 7) is 4.03. The van der Waals surface area contributed by atoms with Crippen molar-refractivity contribution in [2.24, 2.45) is 0 Å². The Morgan fingerprint density at radius 3 is 2.52 bits per heavy atom. The molecule has 144 valence electrons. The van der Waals surface area contributed by atoms with Crippen molar-refractivity contribution >= 4 is 5.91 Å². The second kappa shape index (κ2) is 7.71. The molecule has 0 fully saturated rings. The number of carbonyl (C=O) groups is 1. The predicted molar refractivity (Wildman–Crippen MR) is 97.6 cm³/mol. The average Bonchev–Trinajstić information content (AvgIpc) is 2.64. The van der Waals surface area contributed by atoms with Gasteiger partial charge in [-0.15, -0.1) is 0 Å². The van der Waals surface area contributed by atoms with Crippen LogP contribution < -0.4 is 0 Å². The molecule has 1 atom stereocenters. The molecule has 1 aliphatic carbocycles. The highest BCUT2D eigenvalue weighted by molar-refractivity contribution is 5.95. The van der Waals surface area contributed by atoms with Crippen molar-refractivity contribution in [1.29, 1.82) is 0 Å². The normalized spacial score (nSPS) is 16.7. The molecular formula is C21H23F3N2O. The summed E-state index contributed by atoms with van der Waals surface area (Å²) < 4.78 is 38.6. The largest absolute Gasteiger partial charge is 0.433 e. The van der Waals surface area contributed by atoms with Crippen LogP contribution in [0.5, 0.6) is 0 Å². The minimum Gasteiger partial charge on any atom is -0.335 e. The van der Waals surface area contributed by atoms with Gasteiger partial charge in [-0.25, -0.2) is 4.98 Å². The van der Waals surface area contributed by atoms with E-state index >= 15 is 0 Å². The van der Waals surface area contributed by atoms with Crippen molar-refractivity contribution in [2.45, 2.75) is 51.7 Å². The number of fused-ring (bicyclic) bond motifs is 1. The number of halogens is 3. The lowest BCUT2D eigenvalue weighted by molar-refractivity contribution is -0.141. The number of hydrogen-bond donors (Lipinski definition) is 0. The molecule has 1 unspecified atom stereocenters. The van der Waals surface area contributed by atoms with E-state index in [9.17, 15) is 18.0 Å². The molecule has 27 heavy (non-hydrogen) atoms. The topological polar surface area (TPSA) is 33.2 Å². The van der Waals surface area contributed by atoms with Crippen LogP contribution in [0.15, 0.2) is 36.4 Å². The maximum Gasteiger partial charge on any atom is 0.433 e. The Hall–Kier alpha value is -2.37. The van der Waals surface area contributed by atoms with Gasteiger partial charge in [-0.3, -0.25) is 4.79 Å². The molecule has 0 spiro atoms. The molecule has 0 aliphatic heterocycles. The maximum atomic E-state index is 13.1. The smallest absolute Gasteiger partial charge is 0.335 e. The number of hydrogen-bond acceptors (Lipinski definition) is 2. The lowest BCUT2D eigenvalue weighted by atomic mass is 9.87. The fourth-order valence-corrected chi connectivity index (χ4v) is 3.74. The van der Waals surface area contributed by atoms with E-state index in [0.717, 1.165) is 31.7 Å². The Morgan fingerprint density at radius 2 is 1.89 bits per heavy atom. The van der Waals surface area contributed by atoms with E-state index in [1.807, 2.05) is 24.0 Å². The van der Waals surface area contributed by atoms with E-state index < -0.39 is 11.9 Å². The van der Waals surface area contributed by atoms with E-state index in [4.69, 9.17) is 0 Å². The highest BCUT2D eigenvalue weighted by Gasteiger charge is 2.34. The SMILES string of the molecule is CCCN(C(=O)c1ccc(C(F)(F)F)nc1C)C1CCc2ccccc2C1. The summed E-state index contributed by atoms with van der Waals surface area (Å²) in [5, 5.41) is 0. The van der Waals surface area contributed by atoms with E-state index in [1.54, 1.807) is 0 Å². The number of benzene rings is 1. The first kappa shape index (κ1) is 19.4. The van der Waals surface area contributed by atoms with Crippen LogP contribution in [-0.2, 0) is 19.0 Å². The molecule has 1 aromatic heterocycles. The Bertz CT molecular complexity index is 832. The highest BCUT2D eigenvalue weighted by atomic mass is 19.4. The highest BCUT2D eigenvalue weighted by Crippen LogP contribution is 2.29. The molecule has 1 aliphatic rings. The molecule has 1 amide bonds. The summed E-state index contributed by atoms with van der Waals surface area (Å²) in [4.78, 5) is 18.6. The number of rotatable bonds is 4. The van der Waals surface area contributed by atoms with Gasteiger partial charge in [0.15, 0.2) is 0 Å². The Labute approximate surface area is 157 Å². The lowest BCUT2D eigenvalue weighted by Crippen LogP contribution is -2.44. The van der Waals surface area contributed by atoms with Crippen LogP contribution in [0.2, 0.25) is 0 Å². The zero-order valence-corrected chi connectivity index (χ0v) is 15.5.